The van der Waals surface area contributed by atoms with E-state index < -0.39 is 67.4 Å². The molecule has 0 saturated carbocycles. The first kappa shape index (κ1) is 73.9. The number of carbonyl (C=O) groups excluding carboxylic acids is 2. The van der Waals surface area contributed by atoms with E-state index >= 15 is 0 Å². The van der Waals surface area contributed by atoms with Crippen molar-refractivity contribution in [2.75, 3.05) is 13.2 Å². The molecule has 8 unspecified atom stereocenters. The summed E-state index contributed by atoms with van der Waals surface area (Å²) in [5, 5.41) is 57.0. The van der Waals surface area contributed by atoms with Gasteiger partial charge in [-0.25, -0.2) is 0 Å². The number of amides is 1. The molecule has 79 heavy (non-hydrogen) atoms. The van der Waals surface area contributed by atoms with E-state index in [4.69, 9.17) is 14.2 Å². The van der Waals surface area contributed by atoms with Crippen LogP contribution in [0, 0.1) is 0 Å². The number of nitrogens with one attached hydrogen (secondary N) is 1. The molecule has 1 aliphatic rings. The molecule has 456 valence electrons. The summed E-state index contributed by atoms with van der Waals surface area (Å²) in [4.78, 5) is 26.6. The lowest BCUT2D eigenvalue weighted by atomic mass is 9.99. The summed E-state index contributed by atoms with van der Waals surface area (Å²) >= 11 is 0. The Kier molecular flexibility index (Phi) is 51.8. The molecule has 0 aromatic carbocycles. The molecule has 1 amide bonds. The predicted molar refractivity (Wildman–Crippen MR) is 329 cm³/mol. The van der Waals surface area contributed by atoms with Gasteiger partial charge in [-0.05, 0) is 77.0 Å². The van der Waals surface area contributed by atoms with E-state index in [2.05, 4.69) is 92.9 Å². The molecule has 8 atom stereocenters. The zero-order chi connectivity index (χ0) is 57.5. The fourth-order valence-corrected chi connectivity index (χ4v) is 9.72. The molecule has 1 fully saturated rings. The largest absolute Gasteiger partial charge is 0.454 e. The summed E-state index contributed by atoms with van der Waals surface area (Å²) in [6.45, 7) is 5.66. The van der Waals surface area contributed by atoms with E-state index in [9.17, 15) is 35.1 Å². The van der Waals surface area contributed by atoms with Crippen LogP contribution in [0.3, 0.4) is 0 Å². The summed E-state index contributed by atoms with van der Waals surface area (Å²) in [5.74, 6) is -1.24. The maximum absolute atomic E-state index is 13.4. The van der Waals surface area contributed by atoms with Gasteiger partial charge in [-0.2, -0.15) is 0 Å². The highest BCUT2D eigenvalue weighted by molar-refractivity contribution is 5.80. The SMILES string of the molecule is CC/C=C\C/C=C\C/C=C\C/C=C\C/C=C\C/C=C\CCCC(O)C(=O)NC(COC1OC(CO)C(O)C(O)C1OC(=O)CCCCCCCCCCCCCCCCCCCCC)C(O)/C=C/CCCCCCCCCCC. The first-order valence-corrected chi connectivity index (χ1v) is 32.4. The highest BCUT2D eigenvalue weighted by Gasteiger charge is 2.47. The molecule has 0 aromatic heterocycles. The van der Waals surface area contributed by atoms with Gasteiger partial charge in [0.25, 0.3) is 0 Å². The summed E-state index contributed by atoms with van der Waals surface area (Å²) in [5.41, 5.74) is 0. The van der Waals surface area contributed by atoms with Crippen molar-refractivity contribution < 1.29 is 49.3 Å². The molecule has 6 N–H and O–H groups in total. The lowest BCUT2D eigenvalue weighted by Crippen LogP contribution is -2.61. The van der Waals surface area contributed by atoms with E-state index in [1.165, 1.54) is 135 Å². The standard InChI is InChI=1S/C68H119NO10/c1-4-7-10-13-16-19-22-24-26-28-30-32-33-35-37-40-43-46-49-52-55-61(72)67(76)69-59(60(71)54-51-48-45-42-39-21-18-15-12-9-6-3)58-77-68-66(65(75)64(74)62(57-70)78-68)79-63(73)56-53-50-47-44-41-38-36-34-31-29-27-25-23-20-17-14-11-8-5-2/h7,10,16,19,24,26,30,32,35,37,43,46,51,54,59-62,64-66,68,70-72,74-75H,4-6,8-9,11-15,17-18,20-23,25,27-29,31,33-34,36,38-42,44-45,47-50,52-53,55-58H2,1-3H3,(H,69,76)/b10-7-,19-16-,26-24-,32-30-,37-35-,46-43-,54-51+. The maximum Gasteiger partial charge on any atom is 0.306 e. The molecule has 1 heterocycles. The van der Waals surface area contributed by atoms with Crippen LogP contribution in [0.2, 0.25) is 0 Å². The van der Waals surface area contributed by atoms with E-state index in [0.29, 0.717) is 19.3 Å². The van der Waals surface area contributed by atoms with Gasteiger partial charge in [-0.1, -0.05) is 273 Å². The molecule has 11 nitrogen and oxygen atoms in total. The van der Waals surface area contributed by atoms with Gasteiger partial charge in [-0.15, -0.1) is 0 Å². The molecule has 1 saturated heterocycles. The summed E-state index contributed by atoms with van der Waals surface area (Å²) in [6.07, 6.45) is 62.0. The molecule has 11 heteroatoms. The van der Waals surface area contributed by atoms with Crippen molar-refractivity contribution in [1.29, 1.82) is 0 Å². The van der Waals surface area contributed by atoms with Crippen LogP contribution in [0.25, 0.3) is 0 Å². The lowest BCUT2D eigenvalue weighted by molar-refractivity contribution is -0.305. The molecule has 0 aromatic rings. The Morgan fingerprint density at radius 2 is 0.911 bits per heavy atom. The molecular weight excluding hydrogens is 991 g/mol. The van der Waals surface area contributed by atoms with Crippen molar-refractivity contribution >= 4 is 11.9 Å². The third kappa shape index (κ3) is 43.2. The highest BCUT2D eigenvalue weighted by atomic mass is 16.7. The van der Waals surface area contributed by atoms with Crippen molar-refractivity contribution in [3.63, 3.8) is 0 Å². The number of ether oxygens (including phenoxy) is 3. The minimum atomic E-state index is -1.62. The lowest BCUT2D eigenvalue weighted by Gasteiger charge is -2.41. The van der Waals surface area contributed by atoms with Crippen LogP contribution >= 0.6 is 0 Å². The summed E-state index contributed by atoms with van der Waals surface area (Å²) in [7, 11) is 0. The second kappa shape index (κ2) is 55.4. The van der Waals surface area contributed by atoms with Crippen LogP contribution in [0.4, 0.5) is 0 Å². The van der Waals surface area contributed by atoms with Gasteiger partial charge in [-0.3, -0.25) is 9.59 Å². The van der Waals surface area contributed by atoms with Crippen LogP contribution < -0.4 is 5.32 Å². The Balaban J connectivity index is 2.67. The molecule has 1 rings (SSSR count). The van der Waals surface area contributed by atoms with Gasteiger partial charge < -0.3 is 45.1 Å². The number of aliphatic hydroxyl groups excluding tert-OH is 5. The summed E-state index contributed by atoms with van der Waals surface area (Å²) < 4.78 is 17.6. The minimum absolute atomic E-state index is 0.119. The fraction of sp³-hybridized carbons (Fsp3) is 0.765. The Bertz CT molecular complexity index is 1610. The summed E-state index contributed by atoms with van der Waals surface area (Å²) in [6, 6.07) is -1.05. The monoisotopic (exact) mass is 1110 g/mol. The van der Waals surface area contributed by atoms with E-state index in [-0.39, 0.29) is 19.4 Å². The van der Waals surface area contributed by atoms with Gasteiger partial charge >= 0.3 is 5.97 Å². The first-order valence-electron chi connectivity index (χ1n) is 32.4. The second-order valence-corrected chi connectivity index (χ2v) is 22.1. The molecule has 0 bridgehead atoms. The van der Waals surface area contributed by atoms with Gasteiger partial charge in [0.1, 0.15) is 24.4 Å². The van der Waals surface area contributed by atoms with E-state index in [1.807, 2.05) is 12.2 Å². The highest BCUT2D eigenvalue weighted by Crippen LogP contribution is 2.26. The average Bonchev–Trinajstić information content (AvgIpc) is 3.45. The van der Waals surface area contributed by atoms with Crippen LogP contribution in [-0.4, -0.2) is 99.6 Å². The predicted octanol–water partition coefficient (Wildman–Crippen LogP) is 15.7. The average molecular weight is 1110 g/mol. The van der Waals surface area contributed by atoms with Crippen molar-refractivity contribution in [3.8, 4) is 0 Å². The Hall–Kier alpha value is -3.16. The smallest absolute Gasteiger partial charge is 0.306 e. The van der Waals surface area contributed by atoms with Crippen LogP contribution in [-0.2, 0) is 23.8 Å². The van der Waals surface area contributed by atoms with Crippen molar-refractivity contribution in [3.05, 3.63) is 85.1 Å². The number of carbonyl (C=O) groups is 2. The van der Waals surface area contributed by atoms with Gasteiger partial charge in [0.15, 0.2) is 12.4 Å². The van der Waals surface area contributed by atoms with Crippen molar-refractivity contribution in [1.82, 2.24) is 5.32 Å². The Morgan fingerprint density at radius 1 is 0.506 bits per heavy atom. The Labute approximate surface area is 483 Å². The molecule has 0 spiro atoms. The first-order chi connectivity index (χ1) is 38.7. The van der Waals surface area contributed by atoms with Crippen LogP contribution in [0.1, 0.15) is 271 Å². The van der Waals surface area contributed by atoms with E-state index in [1.54, 1.807) is 6.08 Å². The molecule has 1 aliphatic heterocycles. The van der Waals surface area contributed by atoms with Crippen molar-refractivity contribution in [2.24, 2.45) is 0 Å². The van der Waals surface area contributed by atoms with E-state index in [0.717, 1.165) is 83.5 Å². The Morgan fingerprint density at radius 3 is 1.35 bits per heavy atom. The van der Waals surface area contributed by atoms with Gasteiger partial charge in [0.2, 0.25) is 5.91 Å². The number of unbranched alkanes of at least 4 members (excludes halogenated alkanes) is 28. The third-order valence-corrected chi connectivity index (χ3v) is 14.8. The minimum Gasteiger partial charge on any atom is -0.454 e. The number of allylic oxidation sites excluding steroid dienone is 13. The number of hydrogen-bond acceptors (Lipinski definition) is 10. The zero-order valence-corrected chi connectivity index (χ0v) is 50.5. The number of esters is 1. The molecule has 0 radical (unpaired) electrons. The fourth-order valence-electron chi connectivity index (χ4n) is 9.72. The third-order valence-electron chi connectivity index (χ3n) is 14.8. The number of rotatable bonds is 54. The number of hydrogen-bond donors (Lipinski definition) is 6. The van der Waals surface area contributed by atoms with Crippen LogP contribution in [0.5, 0.6) is 0 Å². The molecule has 0 aliphatic carbocycles. The molecular formula is C68H119NO10. The maximum atomic E-state index is 13.4. The topological polar surface area (TPSA) is 175 Å². The second-order valence-electron chi connectivity index (χ2n) is 22.1. The van der Waals surface area contributed by atoms with Crippen LogP contribution in [0.15, 0.2) is 85.1 Å². The number of aliphatic hydroxyl groups is 5. The van der Waals surface area contributed by atoms with Gasteiger partial charge in [0, 0.05) is 6.42 Å². The van der Waals surface area contributed by atoms with Crippen molar-refractivity contribution in [2.45, 2.75) is 320 Å². The van der Waals surface area contributed by atoms with Gasteiger partial charge in [0.05, 0.1) is 25.4 Å². The quantitative estimate of drug-likeness (QED) is 0.0195. The normalized spacial score (nSPS) is 19.4. The zero-order valence-electron chi connectivity index (χ0n) is 50.5.